The number of carbonyl (C=O) groups is 1. The van der Waals surface area contributed by atoms with Crippen molar-refractivity contribution < 1.29 is 9.90 Å². The number of rotatable bonds is 3. The van der Waals surface area contributed by atoms with Crippen molar-refractivity contribution in [3.8, 4) is 0 Å². The van der Waals surface area contributed by atoms with Gasteiger partial charge >= 0.3 is 0 Å². The zero-order chi connectivity index (χ0) is 18.6. The Morgan fingerprint density at radius 2 is 1.41 bits per heavy atom. The maximum Gasteiger partial charge on any atom is 0.225 e. The van der Waals surface area contributed by atoms with Crippen molar-refractivity contribution in [3.63, 3.8) is 0 Å². The number of nitrogens with zero attached hydrogens (tertiary/aromatic N) is 5. The van der Waals surface area contributed by atoms with Gasteiger partial charge in [0, 0.05) is 51.3 Å². The van der Waals surface area contributed by atoms with Crippen LogP contribution in [0.15, 0.2) is 12.4 Å². The van der Waals surface area contributed by atoms with E-state index in [1.54, 1.807) is 6.33 Å². The van der Waals surface area contributed by atoms with Crippen LogP contribution in [-0.4, -0.2) is 71.3 Å². The highest BCUT2D eigenvalue weighted by Gasteiger charge is 2.30. The van der Waals surface area contributed by atoms with Gasteiger partial charge in [-0.1, -0.05) is 0 Å². The summed E-state index contributed by atoms with van der Waals surface area (Å²) in [6.07, 6.45) is 8.43. The number of carbonyl (C=O) groups excluding carboxylic acids is 1. The van der Waals surface area contributed by atoms with Gasteiger partial charge < -0.3 is 19.8 Å². The van der Waals surface area contributed by atoms with Crippen LogP contribution in [0.5, 0.6) is 0 Å². The highest BCUT2D eigenvalue weighted by Crippen LogP contribution is 2.27. The molecular formula is C20H31N5O2. The summed E-state index contributed by atoms with van der Waals surface area (Å²) < 4.78 is 0. The Morgan fingerprint density at radius 3 is 2.00 bits per heavy atom. The first kappa shape index (κ1) is 18.5. The van der Waals surface area contributed by atoms with Crippen molar-refractivity contribution in [2.24, 2.45) is 5.92 Å². The molecular weight excluding hydrogens is 342 g/mol. The Bertz CT molecular complexity index is 633. The fourth-order valence-corrected chi connectivity index (χ4v) is 4.51. The van der Waals surface area contributed by atoms with Gasteiger partial charge in [-0.15, -0.1) is 0 Å². The average molecular weight is 374 g/mol. The van der Waals surface area contributed by atoms with Crippen LogP contribution in [0.3, 0.4) is 0 Å². The number of likely N-dealkylation sites (tertiary alicyclic amines) is 1. The van der Waals surface area contributed by atoms with Crippen LogP contribution in [-0.2, 0) is 4.79 Å². The van der Waals surface area contributed by atoms with Crippen LogP contribution in [0.1, 0.15) is 44.9 Å². The Morgan fingerprint density at radius 1 is 0.852 bits per heavy atom. The third kappa shape index (κ3) is 4.34. The largest absolute Gasteiger partial charge is 0.393 e. The van der Waals surface area contributed by atoms with Crippen LogP contribution in [0.25, 0.3) is 0 Å². The summed E-state index contributed by atoms with van der Waals surface area (Å²) in [5.41, 5.74) is 0. The minimum absolute atomic E-state index is 0.171. The van der Waals surface area contributed by atoms with Crippen LogP contribution >= 0.6 is 0 Å². The molecule has 4 rings (SSSR count). The van der Waals surface area contributed by atoms with Gasteiger partial charge in [-0.2, -0.15) is 0 Å². The van der Waals surface area contributed by atoms with E-state index in [-0.39, 0.29) is 12.0 Å². The molecule has 3 aliphatic heterocycles. The normalized spacial score (nSPS) is 22.9. The van der Waals surface area contributed by atoms with Crippen molar-refractivity contribution in [2.45, 2.75) is 51.0 Å². The topological polar surface area (TPSA) is 72.8 Å². The maximum atomic E-state index is 12.7. The summed E-state index contributed by atoms with van der Waals surface area (Å²) in [4.78, 5) is 28.2. The van der Waals surface area contributed by atoms with E-state index < -0.39 is 0 Å². The lowest BCUT2D eigenvalue weighted by Gasteiger charge is -2.36. The molecule has 1 aromatic heterocycles. The molecule has 3 fully saturated rings. The number of amides is 1. The molecule has 0 aliphatic carbocycles. The van der Waals surface area contributed by atoms with Crippen LogP contribution in [0, 0.1) is 5.92 Å². The number of anilines is 2. The molecule has 1 N–H and O–H groups in total. The van der Waals surface area contributed by atoms with Gasteiger partial charge in [-0.3, -0.25) is 4.79 Å². The van der Waals surface area contributed by atoms with Gasteiger partial charge in [0.05, 0.1) is 6.10 Å². The maximum absolute atomic E-state index is 12.7. The minimum Gasteiger partial charge on any atom is -0.393 e. The first-order valence-electron chi connectivity index (χ1n) is 10.5. The van der Waals surface area contributed by atoms with E-state index >= 15 is 0 Å². The molecule has 7 heteroatoms. The Hall–Kier alpha value is -1.89. The second-order valence-electron chi connectivity index (χ2n) is 8.10. The number of hydrogen-bond acceptors (Lipinski definition) is 6. The van der Waals surface area contributed by atoms with Crippen molar-refractivity contribution in [2.75, 3.05) is 49.1 Å². The first-order chi connectivity index (χ1) is 13.2. The highest BCUT2D eigenvalue weighted by atomic mass is 16.3. The number of hydrogen-bond donors (Lipinski definition) is 1. The zero-order valence-electron chi connectivity index (χ0n) is 16.1. The molecule has 4 heterocycles. The van der Waals surface area contributed by atoms with E-state index in [9.17, 15) is 9.90 Å². The highest BCUT2D eigenvalue weighted by molar-refractivity contribution is 5.79. The molecule has 0 unspecified atom stereocenters. The predicted molar refractivity (Wildman–Crippen MR) is 105 cm³/mol. The predicted octanol–water partition coefficient (Wildman–Crippen LogP) is 1.67. The quantitative estimate of drug-likeness (QED) is 0.869. The molecule has 27 heavy (non-hydrogen) atoms. The molecule has 7 nitrogen and oxygen atoms in total. The van der Waals surface area contributed by atoms with Gasteiger partial charge in [0.2, 0.25) is 5.91 Å². The smallest absolute Gasteiger partial charge is 0.225 e. The number of aliphatic hydroxyl groups is 1. The van der Waals surface area contributed by atoms with E-state index in [0.29, 0.717) is 5.91 Å². The van der Waals surface area contributed by atoms with Crippen molar-refractivity contribution in [1.29, 1.82) is 0 Å². The molecule has 0 radical (unpaired) electrons. The van der Waals surface area contributed by atoms with Gasteiger partial charge in [-0.05, 0) is 44.9 Å². The number of piperidine rings is 3. The van der Waals surface area contributed by atoms with E-state index in [2.05, 4.69) is 30.7 Å². The average Bonchev–Trinajstić information content (AvgIpc) is 2.75. The van der Waals surface area contributed by atoms with E-state index in [0.717, 1.165) is 89.4 Å². The molecule has 0 bridgehead atoms. The lowest BCUT2D eigenvalue weighted by molar-refractivity contribution is -0.137. The monoisotopic (exact) mass is 373 g/mol. The molecule has 1 amide bonds. The molecule has 0 saturated carbocycles. The first-order valence-corrected chi connectivity index (χ1v) is 10.5. The fourth-order valence-electron chi connectivity index (χ4n) is 4.51. The van der Waals surface area contributed by atoms with Crippen LogP contribution in [0.2, 0.25) is 0 Å². The van der Waals surface area contributed by atoms with Crippen molar-refractivity contribution in [1.82, 2.24) is 14.9 Å². The Kier molecular flexibility index (Phi) is 5.76. The summed E-state index contributed by atoms with van der Waals surface area (Å²) in [6.45, 7) is 5.31. The molecule has 0 atom stereocenters. The van der Waals surface area contributed by atoms with Gasteiger partial charge in [0.1, 0.15) is 18.0 Å². The summed E-state index contributed by atoms with van der Waals surface area (Å²) in [5, 5.41) is 9.70. The SMILES string of the molecule is O=C(C1CCN(c2cc(N3CCC(O)CC3)ncn2)CC1)N1CCCCC1. The number of aromatic nitrogens is 2. The van der Waals surface area contributed by atoms with Gasteiger partial charge in [0.25, 0.3) is 0 Å². The second kappa shape index (κ2) is 8.42. The summed E-state index contributed by atoms with van der Waals surface area (Å²) >= 11 is 0. The fraction of sp³-hybridized carbons (Fsp3) is 0.750. The van der Waals surface area contributed by atoms with Gasteiger partial charge in [-0.25, -0.2) is 9.97 Å². The summed E-state index contributed by atoms with van der Waals surface area (Å²) in [7, 11) is 0. The minimum atomic E-state index is -0.181. The Labute approximate surface area is 161 Å². The molecule has 148 valence electrons. The third-order valence-corrected chi connectivity index (χ3v) is 6.26. The van der Waals surface area contributed by atoms with Crippen LogP contribution in [0.4, 0.5) is 11.6 Å². The van der Waals surface area contributed by atoms with Gasteiger partial charge in [0.15, 0.2) is 0 Å². The molecule has 3 aliphatic rings. The van der Waals surface area contributed by atoms with E-state index in [4.69, 9.17) is 0 Å². The number of aliphatic hydroxyl groups excluding tert-OH is 1. The molecule has 0 spiro atoms. The molecule has 3 saturated heterocycles. The van der Waals surface area contributed by atoms with Crippen molar-refractivity contribution in [3.05, 3.63) is 12.4 Å². The lowest BCUT2D eigenvalue weighted by Crippen LogP contribution is -2.44. The summed E-state index contributed by atoms with van der Waals surface area (Å²) in [6, 6.07) is 2.06. The summed E-state index contributed by atoms with van der Waals surface area (Å²) in [5.74, 6) is 2.43. The molecule has 1 aromatic rings. The third-order valence-electron chi connectivity index (χ3n) is 6.26. The second-order valence-corrected chi connectivity index (χ2v) is 8.10. The van der Waals surface area contributed by atoms with E-state index in [1.165, 1.54) is 6.42 Å². The molecule has 0 aromatic carbocycles. The van der Waals surface area contributed by atoms with Crippen molar-refractivity contribution >= 4 is 17.5 Å². The lowest BCUT2D eigenvalue weighted by atomic mass is 9.94. The zero-order valence-corrected chi connectivity index (χ0v) is 16.1. The Balaban J connectivity index is 1.34. The van der Waals surface area contributed by atoms with Crippen LogP contribution < -0.4 is 9.80 Å². The van der Waals surface area contributed by atoms with E-state index in [1.807, 2.05) is 0 Å². The standard InChI is InChI=1S/C20H31N5O2/c26-17-6-12-24(13-7-17)19-14-18(21-15-22-19)23-10-4-16(5-11-23)20(27)25-8-2-1-3-9-25/h14-17,26H,1-13H2.